The molecule has 0 fully saturated rings. The van der Waals surface area contributed by atoms with Gasteiger partial charge in [0.25, 0.3) is 0 Å². The molecule has 222 valence electrons. The number of Topliss-reactive ketones (excluding diaryl/α,β-unsaturated/α-hetero) is 2. The van der Waals surface area contributed by atoms with Crippen molar-refractivity contribution in [3.8, 4) is 11.5 Å². The molecule has 0 N–H and O–H groups in total. The van der Waals surface area contributed by atoms with Crippen LogP contribution in [0, 0.1) is 11.8 Å². The predicted molar refractivity (Wildman–Crippen MR) is 165 cm³/mol. The zero-order valence-electron chi connectivity index (χ0n) is 25.8. The zero-order valence-corrected chi connectivity index (χ0v) is 25.8. The van der Waals surface area contributed by atoms with Gasteiger partial charge < -0.3 is 19.3 Å². The lowest BCUT2D eigenvalue weighted by Crippen LogP contribution is -2.29. The van der Waals surface area contributed by atoms with Crippen molar-refractivity contribution in [2.24, 2.45) is 11.8 Å². The van der Waals surface area contributed by atoms with Gasteiger partial charge in [-0.25, -0.2) is 0 Å². The highest BCUT2D eigenvalue weighted by molar-refractivity contribution is 5.98. The van der Waals surface area contributed by atoms with Gasteiger partial charge in [-0.05, 0) is 102 Å². The first-order valence-corrected chi connectivity index (χ1v) is 15.1. The van der Waals surface area contributed by atoms with Crippen LogP contribution in [0.4, 0.5) is 0 Å². The molecule has 0 saturated carbocycles. The maximum absolute atomic E-state index is 13.4. The average Bonchev–Trinajstić information content (AvgIpc) is 2.94. The molecule has 0 aliphatic rings. The Morgan fingerprint density at radius 3 is 1.25 bits per heavy atom. The highest BCUT2D eigenvalue weighted by Gasteiger charge is 2.23. The monoisotopic (exact) mass is 552 g/mol. The lowest BCUT2D eigenvalue weighted by atomic mass is 9.88. The minimum atomic E-state index is -0.0786. The van der Waals surface area contributed by atoms with Crippen molar-refractivity contribution in [3.63, 3.8) is 0 Å². The molecule has 2 aromatic rings. The Kier molecular flexibility index (Phi) is 15.6. The van der Waals surface area contributed by atoms with Crippen molar-refractivity contribution in [1.29, 1.82) is 0 Å². The number of ether oxygens (including phenoxy) is 2. The first kappa shape index (κ1) is 33.5. The van der Waals surface area contributed by atoms with E-state index in [0.717, 1.165) is 74.0 Å². The van der Waals surface area contributed by atoms with Crippen LogP contribution in [0.5, 0.6) is 11.5 Å². The van der Waals surface area contributed by atoms with Gasteiger partial charge >= 0.3 is 0 Å². The van der Waals surface area contributed by atoms with E-state index in [0.29, 0.717) is 26.3 Å². The molecule has 0 aliphatic carbocycles. The van der Waals surface area contributed by atoms with Crippen LogP contribution in [0.3, 0.4) is 0 Å². The predicted octanol–water partition coefficient (Wildman–Crippen LogP) is 7.03. The van der Waals surface area contributed by atoms with E-state index in [1.54, 1.807) is 0 Å². The Morgan fingerprint density at radius 1 is 0.600 bits per heavy atom. The number of ketones is 2. The molecule has 2 rings (SSSR count). The Labute approximate surface area is 243 Å². The second-order valence-corrected chi connectivity index (χ2v) is 11.4. The fourth-order valence-electron chi connectivity index (χ4n) is 4.84. The van der Waals surface area contributed by atoms with Crippen LogP contribution in [0.1, 0.15) is 85.9 Å². The molecular formula is C34H52N2O4. The Morgan fingerprint density at radius 2 is 0.950 bits per heavy atom. The molecule has 6 nitrogen and oxygen atoms in total. The lowest BCUT2D eigenvalue weighted by Gasteiger charge is -2.22. The highest BCUT2D eigenvalue weighted by atomic mass is 16.5. The molecule has 0 radical (unpaired) electrons. The fourth-order valence-corrected chi connectivity index (χ4v) is 4.84. The van der Waals surface area contributed by atoms with Gasteiger partial charge in [-0.3, -0.25) is 9.59 Å². The number of hydrogen-bond acceptors (Lipinski definition) is 6. The van der Waals surface area contributed by atoms with Crippen LogP contribution >= 0.6 is 0 Å². The van der Waals surface area contributed by atoms with Gasteiger partial charge in [0.05, 0.1) is 13.2 Å². The summed E-state index contributed by atoms with van der Waals surface area (Å²) < 4.78 is 11.5. The van der Waals surface area contributed by atoms with Gasteiger partial charge in [-0.1, -0.05) is 39.5 Å². The molecule has 0 saturated heterocycles. The maximum Gasteiger partial charge on any atom is 0.167 e. The third-order valence-corrected chi connectivity index (χ3v) is 7.08. The van der Waals surface area contributed by atoms with Crippen LogP contribution < -0.4 is 9.47 Å². The van der Waals surface area contributed by atoms with E-state index in [2.05, 4.69) is 23.6 Å². The van der Waals surface area contributed by atoms with Crippen molar-refractivity contribution in [1.82, 2.24) is 9.80 Å². The molecule has 0 unspecified atom stereocenters. The number of benzene rings is 2. The summed E-state index contributed by atoms with van der Waals surface area (Å²) in [6.45, 7) is 7.09. The summed E-state index contributed by atoms with van der Waals surface area (Å²) in [5, 5.41) is 0. The van der Waals surface area contributed by atoms with Crippen molar-refractivity contribution in [3.05, 3.63) is 59.7 Å². The summed E-state index contributed by atoms with van der Waals surface area (Å²) in [7, 11) is 8.04. The molecular weight excluding hydrogens is 500 g/mol. The second kappa shape index (κ2) is 18.6. The lowest BCUT2D eigenvalue weighted by molar-refractivity contribution is 0.0867. The summed E-state index contributed by atoms with van der Waals surface area (Å²) in [6, 6.07) is 15.1. The maximum atomic E-state index is 13.4. The molecule has 0 aromatic heterocycles. The zero-order chi connectivity index (χ0) is 29.3. The quantitative estimate of drug-likeness (QED) is 0.122. The van der Waals surface area contributed by atoms with Crippen LogP contribution in [0.15, 0.2) is 48.5 Å². The van der Waals surface area contributed by atoms with Crippen LogP contribution in [-0.2, 0) is 0 Å². The van der Waals surface area contributed by atoms with Gasteiger partial charge in [0.1, 0.15) is 11.5 Å². The normalized spacial score (nSPS) is 12.9. The molecule has 0 heterocycles. The van der Waals surface area contributed by atoms with Gasteiger partial charge in [-0.15, -0.1) is 0 Å². The number of hydrogen-bond donors (Lipinski definition) is 0. The molecule has 0 aliphatic heterocycles. The van der Waals surface area contributed by atoms with Crippen LogP contribution in [0.2, 0.25) is 0 Å². The minimum Gasteiger partial charge on any atom is -0.494 e. The smallest absolute Gasteiger partial charge is 0.167 e. The molecule has 6 heteroatoms. The van der Waals surface area contributed by atoms with E-state index in [4.69, 9.17) is 9.47 Å². The third kappa shape index (κ3) is 12.2. The van der Waals surface area contributed by atoms with Crippen LogP contribution in [0.25, 0.3) is 0 Å². The van der Waals surface area contributed by atoms with E-state index in [9.17, 15) is 9.59 Å². The van der Waals surface area contributed by atoms with Crippen LogP contribution in [-0.4, -0.2) is 75.9 Å². The standard InChI is InChI=1S/C34H52N2O4/c1-7-9-23-39-31-19-15-27(16-20-31)33(37)29(25-35(3)4)13-11-12-14-30(26-36(5)6)34(38)28-17-21-32(22-18-28)40-24-10-8-2/h15-22,29-30H,7-14,23-26H2,1-6H3/t29-,30-/m0/s1. The SMILES string of the molecule is CCCCOc1ccc(C(=O)[C@@H](CCCC[C@@H](CN(C)C)C(=O)c2ccc(OCCCC)cc2)CN(C)C)cc1. The van der Waals surface area contributed by atoms with Crippen molar-refractivity contribution in [2.75, 3.05) is 54.5 Å². The first-order valence-electron chi connectivity index (χ1n) is 15.1. The average molecular weight is 553 g/mol. The van der Waals surface area contributed by atoms with Crippen molar-refractivity contribution >= 4 is 11.6 Å². The molecule has 0 bridgehead atoms. The van der Waals surface area contributed by atoms with E-state index < -0.39 is 0 Å². The Hall–Kier alpha value is -2.70. The van der Waals surface area contributed by atoms with E-state index in [1.807, 2.05) is 76.7 Å². The summed E-state index contributed by atoms with van der Waals surface area (Å²) >= 11 is 0. The number of unbranched alkanes of at least 4 members (excludes halogenated alkanes) is 3. The second-order valence-electron chi connectivity index (χ2n) is 11.4. The van der Waals surface area contributed by atoms with E-state index >= 15 is 0 Å². The van der Waals surface area contributed by atoms with Gasteiger partial charge in [0.2, 0.25) is 0 Å². The summed E-state index contributed by atoms with van der Waals surface area (Å²) in [5.74, 6) is 1.82. The van der Waals surface area contributed by atoms with Crippen molar-refractivity contribution < 1.29 is 19.1 Å². The summed E-state index contributed by atoms with van der Waals surface area (Å²) in [6.07, 6.45) is 7.65. The fraction of sp³-hybridized carbons (Fsp3) is 0.588. The van der Waals surface area contributed by atoms with E-state index in [-0.39, 0.29) is 23.4 Å². The third-order valence-electron chi connectivity index (χ3n) is 7.08. The Bertz CT molecular complexity index is 905. The number of carbonyl (C=O) groups excluding carboxylic acids is 2. The largest absolute Gasteiger partial charge is 0.494 e. The molecule has 2 aromatic carbocycles. The topological polar surface area (TPSA) is 59.1 Å². The molecule has 2 atom stereocenters. The van der Waals surface area contributed by atoms with E-state index in [1.165, 1.54) is 0 Å². The molecule has 0 amide bonds. The first-order chi connectivity index (χ1) is 19.2. The molecule has 0 spiro atoms. The minimum absolute atomic E-state index is 0.0786. The molecule has 40 heavy (non-hydrogen) atoms. The van der Waals surface area contributed by atoms with Gasteiger partial charge in [0, 0.05) is 36.1 Å². The van der Waals surface area contributed by atoms with Gasteiger partial charge in [0.15, 0.2) is 11.6 Å². The highest BCUT2D eigenvalue weighted by Crippen LogP contribution is 2.23. The number of nitrogens with zero attached hydrogens (tertiary/aromatic N) is 2. The van der Waals surface area contributed by atoms with Crippen molar-refractivity contribution in [2.45, 2.75) is 65.2 Å². The van der Waals surface area contributed by atoms with Gasteiger partial charge in [-0.2, -0.15) is 0 Å². The number of carbonyl (C=O) groups is 2. The number of rotatable bonds is 21. The Balaban J connectivity index is 1.95. The summed E-state index contributed by atoms with van der Waals surface area (Å²) in [5.41, 5.74) is 1.47. The summed E-state index contributed by atoms with van der Waals surface area (Å²) in [4.78, 5) is 30.9.